The summed E-state index contributed by atoms with van der Waals surface area (Å²) in [5.74, 6) is -0.248. The monoisotopic (exact) mass is 1220 g/mol. The van der Waals surface area contributed by atoms with Crippen molar-refractivity contribution in [1.82, 2.24) is 5.32 Å². The van der Waals surface area contributed by atoms with Gasteiger partial charge in [0.1, 0.15) is 48.8 Å². The van der Waals surface area contributed by atoms with Crippen molar-refractivity contribution in [3.8, 4) is 0 Å². The van der Waals surface area contributed by atoms with Gasteiger partial charge in [0, 0.05) is 6.42 Å². The van der Waals surface area contributed by atoms with Gasteiger partial charge in [-0.25, -0.2) is 0 Å². The standard InChI is InChI=1S/C72H135NO13/c1-3-5-7-9-11-13-15-17-19-20-21-22-23-24-25-26-27-28-29-30-31-32-33-34-35-36-37-38-39-40-41-42-44-46-48-50-52-54-56-64(77)73-60(61(76)55-53-51-49-47-45-43-18-16-14-12-10-8-6-4-2)59-83-71-69(82)67(80)70(63(58-75)85-71)86-72-68(81)66(79)65(78)62(57-74)84-72/h14,16,45,47,53,55,60-63,65-72,74-76,78-82H,3-13,15,17-44,46,48-52,54,56-59H2,1-2H3,(H,73,77)/b16-14+,47-45+,55-53+. The fraction of sp³-hybridized carbons (Fsp3) is 0.903. The molecule has 506 valence electrons. The molecule has 2 aliphatic heterocycles. The number of hydrogen-bond acceptors (Lipinski definition) is 13. The van der Waals surface area contributed by atoms with Gasteiger partial charge in [-0.1, -0.05) is 307 Å². The SMILES string of the molecule is CCCCCC/C=C/CC/C=C/CC/C=C/C(O)C(COC1OC(CO)C(OC2OC(CO)C(O)C(O)C2O)C(O)C1O)NC(=O)CCCCCCCCCCCCCCCCCCCCCCCCCCCCCCCCCCCCCCCC. The van der Waals surface area contributed by atoms with Crippen LogP contribution in [0.2, 0.25) is 0 Å². The second-order valence-corrected chi connectivity index (χ2v) is 25.7. The molecule has 14 heteroatoms. The van der Waals surface area contributed by atoms with Crippen molar-refractivity contribution < 1.29 is 64.6 Å². The third kappa shape index (κ3) is 40.8. The number of aliphatic hydroxyl groups is 8. The van der Waals surface area contributed by atoms with Gasteiger partial charge in [0.05, 0.1) is 32.0 Å². The maximum Gasteiger partial charge on any atom is 0.220 e. The number of carbonyl (C=O) groups is 1. The second kappa shape index (κ2) is 57.1. The molecule has 2 rings (SSSR count). The van der Waals surface area contributed by atoms with Crippen LogP contribution >= 0.6 is 0 Å². The molecular weight excluding hydrogens is 1090 g/mol. The Morgan fingerprint density at radius 3 is 1.14 bits per heavy atom. The van der Waals surface area contributed by atoms with Gasteiger partial charge in [-0.15, -0.1) is 0 Å². The highest BCUT2D eigenvalue weighted by Crippen LogP contribution is 2.30. The Balaban J connectivity index is 1.56. The molecule has 0 saturated carbocycles. The fourth-order valence-corrected chi connectivity index (χ4v) is 12.0. The molecule has 2 aliphatic rings. The van der Waals surface area contributed by atoms with Crippen molar-refractivity contribution >= 4 is 5.91 Å². The molecule has 0 radical (unpaired) electrons. The molecule has 2 fully saturated rings. The van der Waals surface area contributed by atoms with Crippen LogP contribution in [0.15, 0.2) is 36.5 Å². The molecule has 2 heterocycles. The Bertz CT molecular complexity index is 1580. The first-order valence-corrected chi connectivity index (χ1v) is 36.2. The van der Waals surface area contributed by atoms with Crippen LogP contribution in [-0.2, 0) is 23.7 Å². The third-order valence-electron chi connectivity index (χ3n) is 17.8. The summed E-state index contributed by atoms with van der Waals surface area (Å²) in [7, 11) is 0. The minimum Gasteiger partial charge on any atom is -0.394 e. The lowest BCUT2D eigenvalue weighted by atomic mass is 9.97. The molecule has 0 aromatic rings. The zero-order valence-corrected chi connectivity index (χ0v) is 55.1. The van der Waals surface area contributed by atoms with Gasteiger partial charge >= 0.3 is 0 Å². The Labute approximate surface area is 525 Å². The zero-order chi connectivity index (χ0) is 62.3. The number of carbonyl (C=O) groups excluding carboxylic acids is 1. The fourth-order valence-electron chi connectivity index (χ4n) is 12.0. The van der Waals surface area contributed by atoms with Gasteiger partial charge < -0.3 is 65.1 Å². The number of aliphatic hydroxyl groups excluding tert-OH is 8. The molecule has 1 amide bonds. The number of amides is 1. The molecule has 12 atom stereocenters. The maximum absolute atomic E-state index is 13.3. The molecule has 2 saturated heterocycles. The lowest BCUT2D eigenvalue weighted by Crippen LogP contribution is -2.65. The molecule has 0 aliphatic carbocycles. The van der Waals surface area contributed by atoms with E-state index in [1.165, 1.54) is 244 Å². The van der Waals surface area contributed by atoms with Crippen LogP contribution in [0.5, 0.6) is 0 Å². The third-order valence-corrected chi connectivity index (χ3v) is 17.8. The summed E-state index contributed by atoms with van der Waals surface area (Å²) >= 11 is 0. The van der Waals surface area contributed by atoms with E-state index in [1.54, 1.807) is 6.08 Å². The summed E-state index contributed by atoms with van der Waals surface area (Å²) in [6.45, 7) is 2.78. The van der Waals surface area contributed by atoms with Gasteiger partial charge in [-0.05, 0) is 44.9 Å². The Morgan fingerprint density at radius 1 is 0.407 bits per heavy atom. The number of unbranched alkanes of at least 4 members (excludes halogenated alkanes) is 43. The molecule has 86 heavy (non-hydrogen) atoms. The molecule has 9 N–H and O–H groups in total. The average Bonchev–Trinajstić information content (AvgIpc) is 2.57. The Morgan fingerprint density at radius 2 is 0.744 bits per heavy atom. The highest BCUT2D eigenvalue weighted by Gasteiger charge is 2.51. The lowest BCUT2D eigenvalue weighted by Gasteiger charge is -2.46. The van der Waals surface area contributed by atoms with Crippen LogP contribution in [0.3, 0.4) is 0 Å². The van der Waals surface area contributed by atoms with Crippen molar-refractivity contribution in [2.45, 2.75) is 396 Å². The molecule has 0 aromatic carbocycles. The predicted octanol–water partition coefficient (Wildman–Crippen LogP) is 14.9. The molecule has 0 aromatic heterocycles. The van der Waals surface area contributed by atoms with Crippen LogP contribution in [0, 0.1) is 0 Å². The topological polar surface area (TPSA) is 228 Å². The highest BCUT2D eigenvalue weighted by atomic mass is 16.7. The largest absolute Gasteiger partial charge is 0.394 e. The first-order chi connectivity index (χ1) is 42.1. The van der Waals surface area contributed by atoms with Gasteiger partial charge in [0.2, 0.25) is 5.91 Å². The van der Waals surface area contributed by atoms with E-state index in [9.17, 15) is 45.6 Å². The Hall–Kier alpha value is -1.79. The number of rotatable bonds is 60. The summed E-state index contributed by atoms with van der Waals surface area (Å²) < 4.78 is 22.8. The van der Waals surface area contributed by atoms with Gasteiger partial charge in [0.25, 0.3) is 0 Å². The number of nitrogens with one attached hydrogen (secondary N) is 1. The molecule has 12 unspecified atom stereocenters. The number of hydrogen-bond donors (Lipinski definition) is 9. The molecule has 0 spiro atoms. The van der Waals surface area contributed by atoms with Gasteiger partial charge in [-0.3, -0.25) is 4.79 Å². The average molecular weight is 1220 g/mol. The minimum atomic E-state index is -1.79. The smallest absolute Gasteiger partial charge is 0.220 e. The number of ether oxygens (including phenoxy) is 4. The molecule has 14 nitrogen and oxygen atoms in total. The summed E-state index contributed by atoms with van der Waals surface area (Å²) in [5, 5.41) is 87.2. The van der Waals surface area contributed by atoms with E-state index >= 15 is 0 Å². The van der Waals surface area contributed by atoms with E-state index in [4.69, 9.17) is 18.9 Å². The molecular formula is C72H135NO13. The van der Waals surface area contributed by atoms with Gasteiger partial charge in [0.15, 0.2) is 12.6 Å². The first-order valence-electron chi connectivity index (χ1n) is 36.2. The van der Waals surface area contributed by atoms with Gasteiger partial charge in [-0.2, -0.15) is 0 Å². The van der Waals surface area contributed by atoms with Crippen molar-refractivity contribution in [3.63, 3.8) is 0 Å². The van der Waals surface area contributed by atoms with E-state index in [0.29, 0.717) is 12.8 Å². The van der Waals surface area contributed by atoms with E-state index < -0.39 is 86.8 Å². The maximum atomic E-state index is 13.3. The summed E-state index contributed by atoms with van der Waals surface area (Å²) in [6, 6.07) is -0.936. The van der Waals surface area contributed by atoms with Crippen molar-refractivity contribution in [2.24, 2.45) is 0 Å². The lowest BCUT2D eigenvalue weighted by molar-refractivity contribution is -0.359. The normalized spacial score (nSPS) is 23.6. The van der Waals surface area contributed by atoms with E-state index in [1.807, 2.05) is 6.08 Å². The quantitative estimate of drug-likeness (QED) is 0.0204. The molecule has 0 bridgehead atoms. The zero-order valence-electron chi connectivity index (χ0n) is 55.1. The van der Waals surface area contributed by atoms with Crippen LogP contribution in [0.1, 0.15) is 322 Å². The Kier molecular flexibility index (Phi) is 53.4. The van der Waals surface area contributed by atoms with Crippen molar-refractivity contribution in [2.75, 3.05) is 19.8 Å². The highest BCUT2D eigenvalue weighted by molar-refractivity contribution is 5.76. The van der Waals surface area contributed by atoms with E-state index in [-0.39, 0.29) is 18.9 Å². The summed E-state index contributed by atoms with van der Waals surface area (Å²) in [6.07, 6.45) is 56.8. The van der Waals surface area contributed by atoms with Crippen LogP contribution in [0.25, 0.3) is 0 Å². The van der Waals surface area contributed by atoms with Crippen LogP contribution in [0.4, 0.5) is 0 Å². The predicted molar refractivity (Wildman–Crippen MR) is 351 cm³/mol. The summed E-state index contributed by atoms with van der Waals surface area (Å²) in [4.78, 5) is 13.3. The summed E-state index contributed by atoms with van der Waals surface area (Å²) in [5.41, 5.74) is 0. The first kappa shape index (κ1) is 80.3. The number of allylic oxidation sites excluding steroid dienone is 5. The van der Waals surface area contributed by atoms with Crippen molar-refractivity contribution in [1.29, 1.82) is 0 Å². The van der Waals surface area contributed by atoms with Crippen molar-refractivity contribution in [3.05, 3.63) is 36.5 Å². The minimum absolute atomic E-state index is 0.248. The van der Waals surface area contributed by atoms with E-state index in [0.717, 1.165) is 44.9 Å². The van der Waals surface area contributed by atoms with Crippen LogP contribution < -0.4 is 5.32 Å². The second-order valence-electron chi connectivity index (χ2n) is 25.7. The van der Waals surface area contributed by atoms with E-state index in [2.05, 4.69) is 43.5 Å². The van der Waals surface area contributed by atoms with Crippen LogP contribution in [-0.4, -0.2) is 140 Å².